The van der Waals surface area contributed by atoms with Gasteiger partial charge in [0.1, 0.15) is 11.5 Å². The van der Waals surface area contributed by atoms with Gasteiger partial charge in [0.2, 0.25) is 15.8 Å². The number of carbonyl (C=O) groups is 1. The van der Waals surface area contributed by atoms with Crippen molar-refractivity contribution in [1.29, 1.82) is 0 Å². The molecule has 2 aromatic heterocycles. The number of aromatic nitrogens is 2. The summed E-state index contributed by atoms with van der Waals surface area (Å²) in [7, 11) is -3.82. The minimum atomic E-state index is -3.82. The molecule has 1 aromatic carbocycles. The fraction of sp³-hybridized carbons (Fsp3) is 0.417. The lowest BCUT2D eigenvalue weighted by Gasteiger charge is -2.26. The lowest BCUT2D eigenvalue weighted by molar-refractivity contribution is 0.0374. The Morgan fingerprint density at radius 2 is 2.03 bits per heavy atom. The summed E-state index contributed by atoms with van der Waals surface area (Å²) in [5, 5.41) is 0.453. The number of aromatic amines is 1. The van der Waals surface area contributed by atoms with Gasteiger partial charge in [-0.2, -0.15) is 0 Å². The number of sulfonamides is 1. The third kappa shape index (κ3) is 5.85. The maximum atomic E-state index is 15.1. The van der Waals surface area contributed by atoms with E-state index in [1.54, 1.807) is 19.2 Å². The quantitative estimate of drug-likeness (QED) is 0.408. The predicted octanol–water partition coefficient (Wildman–Crippen LogP) is 3.49. The van der Waals surface area contributed by atoms with Gasteiger partial charge < -0.3 is 9.72 Å². The van der Waals surface area contributed by atoms with Crippen LogP contribution in [0.3, 0.4) is 0 Å². The molecule has 11 heteroatoms. The monoisotopic (exact) mass is 506 g/mol. The van der Waals surface area contributed by atoms with Gasteiger partial charge in [-0.05, 0) is 49.6 Å². The molecule has 2 N–H and O–H groups in total. The van der Waals surface area contributed by atoms with Crippen molar-refractivity contribution in [3.63, 3.8) is 0 Å². The first-order valence-electron chi connectivity index (χ1n) is 11.6. The normalized spacial score (nSPS) is 14.9. The van der Waals surface area contributed by atoms with Crippen molar-refractivity contribution in [3.8, 4) is 0 Å². The number of anilines is 1. The van der Waals surface area contributed by atoms with Crippen LogP contribution < -0.4 is 4.72 Å². The number of benzene rings is 1. The number of aryl methyl sites for hydroxylation is 1. The van der Waals surface area contributed by atoms with Crippen LogP contribution in [-0.4, -0.2) is 67.7 Å². The van der Waals surface area contributed by atoms with Crippen LogP contribution in [-0.2, 0) is 21.2 Å². The predicted molar refractivity (Wildman–Crippen MR) is 129 cm³/mol. The summed E-state index contributed by atoms with van der Waals surface area (Å²) in [6.45, 7) is 5.85. The molecule has 35 heavy (non-hydrogen) atoms. The Kier molecular flexibility index (Phi) is 7.78. The van der Waals surface area contributed by atoms with Crippen LogP contribution in [0.5, 0.6) is 0 Å². The second-order valence-corrected chi connectivity index (χ2v) is 10.4. The van der Waals surface area contributed by atoms with E-state index in [0.29, 0.717) is 17.5 Å². The summed E-state index contributed by atoms with van der Waals surface area (Å²) in [6.07, 6.45) is 5.03. The molecule has 0 atom stereocenters. The summed E-state index contributed by atoms with van der Waals surface area (Å²) in [6, 6.07) is 3.65. The second kappa shape index (κ2) is 10.8. The highest BCUT2D eigenvalue weighted by Gasteiger charge is 2.26. The number of pyridine rings is 1. The molecule has 0 spiro atoms. The number of nitrogens with one attached hydrogen (secondary N) is 2. The molecular formula is C24H28F2N4O4S. The molecule has 1 saturated heterocycles. The van der Waals surface area contributed by atoms with Crippen molar-refractivity contribution in [2.45, 2.75) is 26.2 Å². The Balaban J connectivity index is 1.57. The zero-order valence-corrected chi connectivity index (χ0v) is 20.3. The van der Waals surface area contributed by atoms with Crippen LogP contribution >= 0.6 is 0 Å². The van der Waals surface area contributed by atoms with Gasteiger partial charge in [-0.1, -0.05) is 6.92 Å². The van der Waals surface area contributed by atoms with E-state index < -0.39 is 38.7 Å². The van der Waals surface area contributed by atoms with E-state index in [-0.39, 0.29) is 11.3 Å². The minimum Gasteiger partial charge on any atom is -0.379 e. The van der Waals surface area contributed by atoms with Crippen molar-refractivity contribution in [2.24, 2.45) is 0 Å². The molecule has 0 bridgehead atoms. The van der Waals surface area contributed by atoms with Gasteiger partial charge in [-0.15, -0.1) is 0 Å². The molecule has 3 heterocycles. The minimum absolute atomic E-state index is 0.0638. The number of hydrogen-bond acceptors (Lipinski definition) is 6. The maximum Gasteiger partial charge on any atom is 0.232 e. The highest BCUT2D eigenvalue weighted by atomic mass is 32.2. The number of H-pyrrole nitrogens is 1. The Morgan fingerprint density at radius 1 is 1.26 bits per heavy atom. The summed E-state index contributed by atoms with van der Waals surface area (Å²) in [5.41, 5.74) is 0.103. The third-order valence-electron chi connectivity index (χ3n) is 5.93. The first-order valence-corrected chi connectivity index (χ1v) is 13.2. The molecular weight excluding hydrogens is 478 g/mol. The molecule has 188 valence electrons. The Bertz CT molecular complexity index is 1320. The standard InChI is InChI=1S/C24H28F2N4O4S/c1-2-12-35(32,33)29-20-6-5-19(25)21(22(20)26)23(31)18-15-28-24-17(18)13-16(14-27-24)4-3-7-30-8-10-34-11-9-30/h5-6,13-15,29H,2-4,7-12H2,1H3,(H,27,28). The van der Waals surface area contributed by atoms with E-state index in [9.17, 15) is 17.6 Å². The van der Waals surface area contributed by atoms with Crippen molar-refractivity contribution in [3.05, 3.63) is 58.9 Å². The van der Waals surface area contributed by atoms with Crippen LogP contribution in [0.4, 0.5) is 14.5 Å². The molecule has 0 amide bonds. The van der Waals surface area contributed by atoms with Crippen LogP contribution in [0.15, 0.2) is 30.6 Å². The Hall–Kier alpha value is -2.89. The summed E-state index contributed by atoms with van der Waals surface area (Å²) in [4.78, 5) is 22.8. The van der Waals surface area contributed by atoms with E-state index in [4.69, 9.17) is 4.74 Å². The summed E-state index contributed by atoms with van der Waals surface area (Å²) >= 11 is 0. The van der Waals surface area contributed by atoms with Crippen molar-refractivity contribution >= 4 is 32.5 Å². The second-order valence-electron chi connectivity index (χ2n) is 8.53. The smallest absolute Gasteiger partial charge is 0.232 e. The van der Waals surface area contributed by atoms with Crippen LogP contribution in [0.1, 0.15) is 41.3 Å². The van der Waals surface area contributed by atoms with Crippen LogP contribution in [0.25, 0.3) is 11.0 Å². The fourth-order valence-corrected chi connectivity index (χ4v) is 5.30. The van der Waals surface area contributed by atoms with Gasteiger partial charge in [-0.3, -0.25) is 14.4 Å². The molecule has 1 aliphatic heterocycles. The number of carbonyl (C=O) groups excluding carboxylic acids is 1. The third-order valence-corrected chi connectivity index (χ3v) is 7.41. The first-order chi connectivity index (χ1) is 16.8. The first kappa shape index (κ1) is 25.2. The average molecular weight is 507 g/mol. The molecule has 3 aromatic rings. The number of halogens is 2. The number of fused-ring (bicyclic) bond motifs is 1. The molecule has 0 unspecified atom stereocenters. The lowest BCUT2D eigenvalue weighted by atomic mass is 10.0. The fourth-order valence-electron chi connectivity index (χ4n) is 4.16. The molecule has 8 nitrogen and oxygen atoms in total. The lowest BCUT2D eigenvalue weighted by Crippen LogP contribution is -2.36. The van der Waals surface area contributed by atoms with Gasteiger partial charge in [0.05, 0.1) is 30.2 Å². The van der Waals surface area contributed by atoms with E-state index >= 15 is 4.39 Å². The number of nitrogens with zero attached hydrogens (tertiary/aromatic N) is 2. The van der Waals surface area contributed by atoms with Crippen LogP contribution in [0, 0.1) is 11.6 Å². The Morgan fingerprint density at radius 3 is 2.77 bits per heavy atom. The van der Waals surface area contributed by atoms with E-state index in [1.165, 1.54) is 6.20 Å². The Labute approximate surface area is 202 Å². The largest absolute Gasteiger partial charge is 0.379 e. The number of morpholine rings is 1. The molecule has 0 aliphatic carbocycles. The van der Waals surface area contributed by atoms with Crippen molar-refractivity contribution in [1.82, 2.24) is 14.9 Å². The molecule has 1 aliphatic rings. The van der Waals surface area contributed by atoms with Gasteiger partial charge in [0.15, 0.2) is 5.82 Å². The van der Waals surface area contributed by atoms with Gasteiger partial charge in [0.25, 0.3) is 0 Å². The van der Waals surface area contributed by atoms with E-state index in [1.807, 2.05) is 0 Å². The van der Waals surface area contributed by atoms with Gasteiger partial charge in [0, 0.05) is 36.4 Å². The number of ketones is 1. The number of ether oxygens (including phenoxy) is 1. The van der Waals surface area contributed by atoms with Gasteiger partial charge in [-0.25, -0.2) is 22.2 Å². The molecule has 4 rings (SSSR count). The maximum absolute atomic E-state index is 15.1. The number of rotatable bonds is 10. The van der Waals surface area contributed by atoms with Crippen molar-refractivity contribution in [2.75, 3.05) is 43.3 Å². The number of hydrogen-bond donors (Lipinski definition) is 2. The van der Waals surface area contributed by atoms with E-state index in [2.05, 4.69) is 19.6 Å². The molecule has 0 saturated carbocycles. The highest BCUT2D eigenvalue weighted by Crippen LogP contribution is 2.28. The van der Waals surface area contributed by atoms with Gasteiger partial charge >= 0.3 is 0 Å². The van der Waals surface area contributed by atoms with Crippen molar-refractivity contribution < 1.29 is 26.7 Å². The average Bonchev–Trinajstić information content (AvgIpc) is 3.25. The van der Waals surface area contributed by atoms with Crippen LogP contribution in [0.2, 0.25) is 0 Å². The molecule has 1 fully saturated rings. The zero-order chi connectivity index (χ0) is 25.0. The topological polar surface area (TPSA) is 104 Å². The zero-order valence-electron chi connectivity index (χ0n) is 19.4. The SMILES string of the molecule is CCCS(=O)(=O)Nc1ccc(F)c(C(=O)c2c[nH]c3ncc(CCCN4CCOCC4)cc23)c1F. The summed E-state index contributed by atoms with van der Waals surface area (Å²) < 4.78 is 61.3. The highest BCUT2D eigenvalue weighted by molar-refractivity contribution is 7.92. The summed E-state index contributed by atoms with van der Waals surface area (Å²) in [5.74, 6) is -3.45. The van der Waals surface area contributed by atoms with E-state index in [0.717, 1.165) is 63.4 Å². The molecule has 0 radical (unpaired) electrons.